The summed E-state index contributed by atoms with van der Waals surface area (Å²) in [6, 6.07) is 14.3. The fraction of sp³-hybridized carbons (Fsp3) is 0.417. The van der Waals surface area contributed by atoms with E-state index in [1.165, 1.54) is 12.1 Å². The van der Waals surface area contributed by atoms with Crippen molar-refractivity contribution in [1.82, 2.24) is 5.32 Å². The van der Waals surface area contributed by atoms with Crippen molar-refractivity contribution in [3.05, 3.63) is 59.9 Å². The van der Waals surface area contributed by atoms with Crippen LogP contribution in [0.25, 0.3) is 0 Å². The summed E-state index contributed by atoms with van der Waals surface area (Å²) in [5, 5.41) is 3.09. The molecule has 0 saturated carbocycles. The number of hydrogen-bond donors (Lipinski definition) is 1. The minimum atomic E-state index is -0.377. The first-order chi connectivity index (χ1) is 15.0. The normalized spacial score (nSPS) is 20.6. The molecule has 2 aromatic carbocycles. The third-order valence-electron chi connectivity index (χ3n) is 6.39. The van der Waals surface area contributed by atoms with Gasteiger partial charge >= 0.3 is 0 Å². The van der Waals surface area contributed by atoms with Crippen molar-refractivity contribution in [3.63, 3.8) is 0 Å². The monoisotopic (exact) mass is 442 g/mol. The highest BCUT2D eigenvalue weighted by atomic mass is 32.2. The molecule has 0 radical (unpaired) electrons. The number of thioether (sulfide) groups is 1. The summed E-state index contributed by atoms with van der Waals surface area (Å²) < 4.78 is 19.0. The maximum Gasteiger partial charge on any atom is 0.227 e. The van der Waals surface area contributed by atoms with Crippen LogP contribution in [0.3, 0.4) is 0 Å². The molecular weight excluding hydrogens is 415 g/mol. The van der Waals surface area contributed by atoms with Gasteiger partial charge in [-0.05, 0) is 61.1 Å². The zero-order chi connectivity index (χ0) is 21.8. The van der Waals surface area contributed by atoms with E-state index in [4.69, 9.17) is 4.74 Å². The molecule has 1 unspecified atom stereocenters. The van der Waals surface area contributed by atoms with Gasteiger partial charge < -0.3 is 15.0 Å². The molecule has 7 heteroatoms. The van der Waals surface area contributed by atoms with Gasteiger partial charge in [0.15, 0.2) is 0 Å². The van der Waals surface area contributed by atoms with Gasteiger partial charge in [-0.3, -0.25) is 9.59 Å². The summed E-state index contributed by atoms with van der Waals surface area (Å²) in [5.74, 6) is -0.788. The Balaban J connectivity index is 1.42. The van der Waals surface area contributed by atoms with Crippen molar-refractivity contribution in [2.75, 3.05) is 37.5 Å². The van der Waals surface area contributed by atoms with Gasteiger partial charge in [-0.15, -0.1) is 11.8 Å². The van der Waals surface area contributed by atoms with Gasteiger partial charge in [0, 0.05) is 48.7 Å². The highest BCUT2D eigenvalue weighted by Gasteiger charge is 2.38. The largest absolute Gasteiger partial charge is 0.381 e. The topological polar surface area (TPSA) is 58.6 Å². The van der Waals surface area contributed by atoms with E-state index in [0.717, 1.165) is 29.0 Å². The maximum absolute atomic E-state index is 13.4. The van der Waals surface area contributed by atoms with Crippen LogP contribution in [0.15, 0.2) is 53.4 Å². The fourth-order valence-corrected chi connectivity index (χ4v) is 4.84. The Morgan fingerprint density at radius 2 is 1.84 bits per heavy atom. The third-order valence-corrected chi connectivity index (χ3v) is 7.13. The lowest BCUT2D eigenvalue weighted by molar-refractivity contribution is -0.126. The Bertz CT molecular complexity index is 927. The van der Waals surface area contributed by atoms with Crippen LogP contribution in [0, 0.1) is 11.7 Å². The molecule has 4 rings (SSSR count). The molecule has 2 aromatic rings. The molecule has 0 spiro atoms. The van der Waals surface area contributed by atoms with Gasteiger partial charge in [0.25, 0.3) is 0 Å². The van der Waals surface area contributed by atoms with Crippen LogP contribution in [0.5, 0.6) is 0 Å². The Hall–Kier alpha value is -2.38. The van der Waals surface area contributed by atoms with E-state index in [0.29, 0.717) is 26.3 Å². The van der Waals surface area contributed by atoms with Crippen LogP contribution in [-0.4, -0.2) is 44.4 Å². The Labute approximate surface area is 186 Å². The molecule has 31 heavy (non-hydrogen) atoms. The van der Waals surface area contributed by atoms with Crippen molar-refractivity contribution in [2.24, 2.45) is 5.92 Å². The smallest absolute Gasteiger partial charge is 0.227 e. The number of anilines is 1. The average Bonchev–Trinajstić information content (AvgIpc) is 3.20. The Morgan fingerprint density at radius 3 is 2.48 bits per heavy atom. The maximum atomic E-state index is 13.4. The number of ether oxygens (including phenoxy) is 1. The zero-order valence-corrected chi connectivity index (χ0v) is 18.4. The standard InChI is InChI=1S/C24H27FN2O3S/c1-31-21-8-6-20(7-9-21)27-15-17(14-22(27)28)23(29)26-16-24(10-12-30-13-11-24)18-2-4-19(25)5-3-18/h2-9,17H,10-16H2,1H3,(H,26,29). The number of carbonyl (C=O) groups excluding carboxylic acids is 2. The van der Waals surface area contributed by atoms with E-state index in [-0.39, 0.29) is 35.4 Å². The van der Waals surface area contributed by atoms with Gasteiger partial charge in [0.1, 0.15) is 5.82 Å². The minimum absolute atomic E-state index is 0.0311. The second-order valence-electron chi connectivity index (χ2n) is 8.22. The third kappa shape index (κ3) is 4.77. The highest BCUT2D eigenvalue weighted by Crippen LogP contribution is 2.35. The summed E-state index contributed by atoms with van der Waals surface area (Å²) in [5.41, 5.74) is 1.55. The number of carbonyl (C=O) groups is 2. The molecule has 5 nitrogen and oxygen atoms in total. The predicted molar refractivity (Wildman–Crippen MR) is 120 cm³/mol. The second kappa shape index (κ2) is 9.40. The molecule has 2 aliphatic heterocycles. The van der Waals surface area contributed by atoms with Gasteiger partial charge in [-0.2, -0.15) is 0 Å². The van der Waals surface area contributed by atoms with Crippen molar-refractivity contribution in [3.8, 4) is 0 Å². The summed E-state index contributed by atoms with van der Waals surface area (Å²) in [4.78, 5) is 28.3. The summed E-state index contributed by atoms with van der Waals surface area (Å²) >= 11 is 1.65. The number of nitrogens with one attached hydrogen (secondary N) is 1. The van der Waals surface area contributed by atoms with E-state index < -0.39 is 0 Å². The molecule has 0 aliphatic carbocycles. The number of rotatable bonds is 6. The molecule has 1 atom stereocenters. The van der Waals surface area contributed by atoms with Crippen LogP contribution in [0.4, 0.5) is 10.1 Å². The van der Waals surface area contributed by atoms with Crippen LogP contribution >= 0.6 is 11.8 Å². The SMILES string of the molecule is CSc1ccc(N2CC(C(=O)NCC3(c4ccc(F)cc4)CCOCC3)CC2=O)cc1. The summed E-state index contributed by atoms with van der Waals surface area (Å²) in [7, 11) is 0. The molecule has 164 valence electrons. The van der Waals surface area contributed by atoms with Crippen molar-refractivity contribution in [1.29, 1.82) is 0 Å². The first kappa shape index (κ1) is 21.8. The van der Waals surface area contributed by atoms with Crippen molar-refractivity contribution < 1.29 is 18.7 Å². The van der Waals surface area contributed by atoms with E-state index in [1.807, 2.05) is 30.5 Å². The van der Waals surface area contributed by atoms with Crippen LogP contribution in [0.2, 0.25) is 0 Å². The summed E-state index contributed by atoms with van der Waals surface area (Å²) in [6.45, 7) is 2.05. The molecule has 1 N–H and O–H groups in total. The quantitative estimate of drug-likeness (QED) is 0.692. The van der Waals surface area contributed by atoms with Crippen LogP contribution in [0.1, 0.15) is 24.8 Å². The molecule has 2 aliphatic rings. The number of amides is 2. The molecule has 2 heterocycles. The van der Waals surface area contributed by atoms with Gasteiger partial charge in [-0.25, -0.2) is 4.39 Å². The number of hydrogen-bond acceptors (Lipinski definition) is 4. The number of halogens is 1. The van der Waals surface area contributed by atoms with E-state index in [1.54, 1.807) is 28.8 Å². The molecule has 0 aromatic heterocycles. The lowest BCUT2D eigenvalue weighted by atomic mass is 9.74. The van der Waals surface area contributed by atoms with Crippen LogP contribution < -0.4 is 10.2 Å². The van der Waals surface area contributed by atoms with E-state index in [2.05, 4.69) is 5.32 Å². The molecule has 0 bridgehead atoms. The lowest BCUT2D eigenvalue weighted by Crippen LogP contribution is -2.46. The van der Waals surface area contributed by atoms with E-state index >= 15 is 0 Å². The first-order valence-corrected chi connectivity index (χ1v) is 11.8. The molecule has 2 saturated heterocycles. The summed E-state index contributed by atoms with van der Waals surface area (Å²) in [6.07, 6.45) is 3.74. The molecule has 2 amide bonds. The van der Waals surface area contributed by atoms with Crippen LogP contribution in [-0.2, 0) is 19.7 Å². The average molecular weight is 443 g/mol. The minimum Gasteiger partial charge on any atom is -0.381 e. The first-order valence-electron chi connectivity index (χ1n) is 10.6. The van der Waals surface area contributed by atoms with E-state index in [9.17, 15) is 14.0 Å². The Kier molecular flexibility index (Phi) is 6.62. The van der Waals surface area contributed by atoms with Gasteiger partial charge in [-0.1, -0.05) is 12.1 Å². The zero-order valence-electron chi connectivity index (χ0n) is 17.6. The molecule has 2 fully saturated rings. The Morgan fingerprint density at radius 1 is 1.16 bits per heavy atom. The van der Waals surface area contributed by atoms with Crippen molar-refractivity contribution >= 4 is 29.3 Å². The lowest BCUT2D eigenvalue weighted by Gasteiger charge is -2.38. The highest BCUT2D eigenvalue weighted by molar-refractivity contribution is 7.98. The fourth-order valence-electron chi connectivity index (χ4n) is 4.43. The van der Waals surface area contributed by atoms with Gasteiger partial charge in [0.05, 0.1) is 5.92 Å². The number of benzene rings is 2. The second-order valence-corrected chi connectivity index (χ2v) is 9.10. The predicted octanol–water partition coefficient (Wildman–Crippen LogP) is 3.77. The number of nitrogens with zero attached hydrogens (tertiary/aromatic N) is 1. The molecular formula is C24H27FN2O3S. The van der Waals surface area contributed by atoms with Crippen molar-refractivity contribution in [2.45, 2.75) is 29.6 Å². The van der Waals surface area contributed by atoms with Gasteiger partial charge in [0.2, 0.25) is 11.8 Å².